The van der Waals surface area contributed by atoms with Crippen molar-refractivity contribution in [2.45, 2.75) is 6.92 Å². The summed E-state index contributed by atoms with van der Waals surface area (Å²) in [6, 6.07) is 11.3. The van der Waals surface area contributed by atoms with Crippen LogP contribution in [-0.4, -0.2) is 10.8 Å². The molecule has 0 fully saturated rings. The van der Waals surface area contributed by atoms with Gasteiger partial charge in [-0.25, -0.2) is 9.55 Å². The molecule has 3 nitrogen and oxygen atoms in total. The Balaban J connectivity index is 1.84. The summed E-state index contributed by atoms with van der Waals surface area (Å²) in [5.41, 5.74) is 2.70. The lowest BCUT2D eigenvalue weighted by atomic mass is 10.2. The van der Waals surface area contributed by atoms with Crippen LogP contribution < -0.4 is 4.57 Å². The number of benzene rings is 1. The molecule has 2 aromatic heterocycles. The van der Waals surface area contributed by atoms with Gasteiger partial charge in [0.15, 0.2) is 18.2 Å². The number of carbonyl (C=O) groups is 1. The highest BCUT2D eigenvalue weighted by Gasteiger charge is 2.15. The molecule has 0 aliphatic heterocycles. The number of pyridine rings is 1. The molecule has 2 heterocycles. The number of carbonyl (C=O) groups excluding carboxylic acids is 1. The minimum absolute atomic E-state index is 0.0356. The van der Waals surface area contributed by atoms with E-state index in [-0.39, 0.29) is 5.78 Å². The van der Waals surface area contributed by atoms with Crippen LogP contribution in [0.15, 0.2) is 54.9 Å². The molecular formula is C19H16ClN2OS+. The molecule has 120 valence electrons. The third kappa shape index (κ3) is 3.78. The summed E-state index contributed by atoms with van der Waals surface area (Å²) in [5.74, 6) is -0.0356. The maximum atomic E-state index is 12.5. The van der Waals surface area contributed by atoms with Gasteiger partial charge in [-0.3, -0.25) is 4.79 Å². The first-order valence-electron chi connectivity index (χ1n) is 7.44. The second kappa shape index (κ2) is 7.07. The average Bonchev–Trinajstić information content (AvgIpc) is 2.96. The highest BCUT2D eigenvalue weighted by atomic mass is 35.5. The summed E-state index contributed by atoms with van der Waals surface area (Å²) in [6.45, 7) is 1.87. The van der Waals surface area contributed by atoms with Crippen molar-refractivity contribution in [2.75, 3.05) is 0 Å². The van der Waals surface area contributed by atoms with Crippen molar-refractivity contribution in [3.63, 3.8) is 0 Å². The Morgan fingerprint density at radius 3 is 2.71 bits per heavy atom. The fourth-order valence-electron chi connectivity index (χ4n) is 2.28. The molecule has 0 saturated heterocycles. The molecule has 0 N–H and O–H groups in total. The number of nitrogens with zero attached hydrogens (tertiary/aromatic N) is 2. The monoisotopic (exact) mass is 355 g/mol. The van der Waals surface area contributed by atoms with Gasteiger partial charge in [-0.1, -0.05) is 29.8 Å². The van der Waals surface area contributed by atoms with Crippen LogP contribution in [0.2, 0.25) is 5.02 Å². The molecule has 0 unspecified atom stereocenters. The number of allylic oxidation sites excluding steroid dienone is 1. The fraction of sp³-hybridized carbons (Fsp3) is 0.105. The van der Waals surface area contributed by atoms with Crippen molar-refractivity contribution in [1.29, 1.82) is 0 Å². The second-order valence-electron chi connectivity index (χ2n) is 5.44. The number of ketones is 1. The van der Waals surface area contributed by atoms with Gasteiger partial charge >= 0.3 is 0 Å². The van der Waals surface area contributed by atoms with E-state index >= 15 is 0 Å². The van der Waals surface area contributed by atoms with Gasteiger partial charge in [0, 0.05) is 11.1 Å². The topological polar surface area (TPSA) is 33.8 Å². The van der Waals surface area contributed by atoms with E-state index in [4.69, 9.17) is 11.6 Å². The molecule has 3 aromatic rings. The molecule has 0 aliphatic carbocycles. The van der Waals surface area contributed by atoms with Gasteiger partial charge < -0.3 is 0 Å². The molecule has 3 rings (SSSR count). The SMILES string of the molecule is Cc1nc(-c2ccc[n+](C)c2)sc1C(=O)C=Cc1ccc(Cl)cc1. The van der Waals surface area contributed by atoms with E-state index in [1.165, 1.54) is 11.3 Å². The summed E-state index contributed by atoms with van der Waals surface area (Å²) >= 11 is 7.28. The van der Waals surface area contributed by atoms with Crippen molar-refractivity contribution in [2.24, 2.45) is 7.05 Å². The van der Waals surface area contributed by atoms with Gasteiger partial charge in [-0.2, -0.15) is 0 Å². The number of rotatable bonds is 4. The number of aryl methyl sites for hydroxylation is 2. The van der Waals surface area contributed by atoms with Crippen LogP contribution in [0.1, 0.15) is 20.9 Å². The van der Waals surface area contributed by atoms with E-state index in [2.05, 4.69) is 4.98 Å². The molecule has 24 heavy (non-hydrogen) atoms. The van der Waals surface area contributed by atoms with Crippen molar-refractivity contribution < 1.29 is 9.36 Å². The van der Waals surface area contributed by atoms with Gasteiger partial charge in [-0.05, 0) is 36.8 Å². The predicted octanol–water partition coefficient (Wildman–Crippen LogP) is 4.49. The van der Waals surface area contributed by atoms with E-state index in [9.17, 15) is 4.79 Å². The minimum Gasteiger partial charge on any atom is -0.288 e. The number of hydrogen-bond donors (Lipinski definition) is 0. The number of thiazole rings is 1. The summed E-state index contributed by atoms with van der Waals surface area (Å²) in [6.07, 6.45) is 7.33. The van der Waals surface area contributed by atoms with Crippen molar-refractivity contribution >= 4 is 34.8 Å². The van der Waals surface area contributed by atoms with Crippen LogP contribution in [0.25, 0.3) is 16.6 Å². The molecule has 1 aromatic carbocycles. The summed E-state index contributed by atoms with van der Waals surface area (Å²) < 4.78 is 1.97. The molecular weight excluding hydrogens is 340 g/mol. The fourth-order valence-corrected chi connectivity index (χ4v) is 3.39. The highest BCUT2D eigenvalue weighted by molar-refractivity contribution is 7.17. The minimum atomic E-state index is -0.0356. The Labute approximate surface area is 149 Å². The molecule has 0 radical (unpaired) electrons. The molecule has 0 bridgehead atoms. The van der Waals surface area contributed by atoms with Gasteiger partial charge in [0.25, 0.3) is 0 Å². The van der Waals surface area contributed by atoms with E-state index < -0.39 is 0 Å². The smallest absolute Gasteiger partial charge is 0.197 e. The molecule has 0 saturated carbocycles. The second-order valence-corrected chi connectivity index (χ2v) is 6.88. The zero-order chi connectivity index (χ0) is 17.1. The van der Waals surface area contributed by atoms with Gasteiger partial charge in [0.05, 0.1) is 16.1 Å². The van der Waals surface area contributed by atoms with Crippen LogP contribution in [0, 0.1) is 6.92 Å². The molecule has 0 aliphatic rings. The van der Waals surface area contributed by atoms with Gasteiger partial charge in [-0.15, -0.1) is 11.3 Å². The third-order valence-corrected chi connectivity index (χ3v) is 4.98. The first-order chi connectivity index (χ1) is 11.5. The largest absolute Gasteiger partial charge is 0.288 e. The Bertz CT molecular complexity index is 913. The number of hydrogen-bond acceptors (Lipinski definition) is 3. The lowest BCUT2D eigenvalue weighted by Gasteiger charge is -1.94. The van der Waals surface area contributed by atoms with E-state index in [0.29, 0.717) is 9.90 Å². The normalized spacial score (nSPS) is 11.1. The van der Waals surface area contributed by atoms with Gasteiger partial charge in [0.2, 0.25) is 0 Å². The average molecular weight is 356 g/mol. The van der Waals surface area contributed by atoms with E-state index in [1.807, 2.05) is 55.2 Å². The Kier molecular flexibility index (Phi) is 4.88. The van der Waals surface area contributed by atoms with E-state index in [0.717, 1.165) is 21.8 Å². The maximum Gasteiger partial charge on any atom is 0.197 e. The Morgan fingerprint density at radius 2 is 2.00 bits per heavy atom. The van der Waals surface area contributed by atoms with Crippen molar-refractivity contribution in [3.8, 4) is 10.6 Å². The van der Waals surface area contributed by atoms with Crippen LogP contribution >= 0.6 is 22.9 Å². The summed E-state index contributed by atoms with van der Waals surface area (Å²) in [5, 5.41) is 1.53. The molecule has 0 atom stereocenters. The third-order valence-electron chi connectivity index (χ3n) is 3.50. The van der Waals surface area contributed by atoms with Crippen LogP contribution in [0.3, 0.4) is 0 Å². The molecule has 5 heteroatoms. The summed E-state index contributed by atoms with van der Waals surface area (Å²) in [7, 11) is 1.96. The predicted molar refractivity (Wildman–Crippen MR) is 98.3 cm³/mol. The van der Waals surface area contributed by atoms with Crippen LogP contribution in [0.4, 0.5) is 0 Å². The maximum absolute atomic E-state index is 12.5. The van der Waals surface area contributed by atoms with Crippen molar-refractivity contribution in [3.05, 3.63) is 76.0 Å². The highest BCUT2D eigenvalue weighted by Crippen LogP contribution is 2.27. The van der Waals surface area contributed by atoms with Crippen molar-refractivity contribution in [1.82, 2.24) is 4.98 Å². The Morgan fingerprint density at radius 1 is 1.25 bits per heavy atom. The standard InChI is InChI=1S/C19H16ClN2OS/c1-13-18(17(23)10-7-14-5-8-16(20)9-6-14)24-19(21-13)15-4-3-11-22(2)12-15/h3-12H,1-2H3/q+1. The molecule has 0 spiro atoms. The zero-order valence-corrected chi connectivity index (χ0v) is 14.9. The lowest BCUT2D eigenvalue weighted by molar-refractivity contribution is -0.671. The van der Waals surface area contributed by atoms with E-state index in [1.54, 1.807) is 24.3 Å². The zero-order valence-electron chi connectivity index (χ0n) is 13.4. The number of aromatic nitrogens is 2. The summed E-state index contributed by atoms with van der Waals surface area (Å²) in [4.78, 5) is 17.7. The first kappa shape index (κ1) is 16.6. The lowest BCUT2D eigenvalue weighted by Crippen LogP contribution is -2.26. The van der Waals surface area contributed by atoms with Crippen LogP contribution in [-0.2, 0) is 7.05 Å². The van der Waals surface area contributed by atoms with Gasteiger partial charge in [0.1, 0.15) is 12.1 Å². The number of halogens is 1. The first-order valence-corrected chi connectivity index (χ1v) is 8.63. The Hall–Kier alpha value is -2.30. The molecule has 0 amide bonds. The quantitative estimate of drug-likeness (QED) is 0.392. The van der Waals surface area contributed by atoms with Crippen LogP contribution in [0.5, 0.6) is 0 Å².